The summed E-state index contributed by atoms with van der Waals surface area (Å²) in [5.41, 5.74) is 0. The highest BCUT2D eigenvalue weighted by Crippen LogP contribution is 2.13. The van der Waals surface area contributed by atoms with Crippen molar-refractivity contribution in [3.63, 3.8) is 0 Å². The van der Waals surface area contributed by atoms with Gasteiger partial charge in [-0.25, -0.2) is 0 Å². The van der Waals surface area contributed by atoms with Crippen molar-refractivity contribution in [2.75, 3.05) is 13.2 Å². The Hall–Kier alpha value is -4.45. The van der Waals surface area contributed by atoms with E-state index in [2.05, 4.69) is 142 Å². The maximum atomic E-state index is 12.8. The fourth-order valence-electron chi connectivity index (χ4n) is 7.07. The van der Waals surface area contributed by atoms with Crippen LogP contribution in [0.5, 0.6) is 0 Å². The Labute approximate surface area is 424 Å². The van der Waals surface area contributed by atoms with Gasteiger partial charge in [0.05, 0.1) is 6.42 Å². The number of carbonyl (C=O) groups excluding carboxylic acids is 3. The zero-order chi connectivity index (χ0) is 50.0. The first-order chi connectivity index (χ1) is 34.0. The fraction of sp³-hybridized carbons (Fsp3) is 0.603. The Morgan fingerprint density at radius 1 is 0.319 bits per heavy atom. The van der Waals surface area contributed by atoms with E-state index < -0.39 is 18.0 Å². The van der Waals surface area contributed by atoms with Gasteiger partial charge in [0.25, 0.3) is 0 Å². The van der Waals surface area contributed by atoms with Crippen molar-refractivity contribution in [2.24, 2.45) is 0 Å². The summed E-state index contributed by atoms with van der Waals surface area (Å²) in [6.07, 6.45) is 79.0. The van der Waals surface area contributed by atoms with E-state index in [1.807, 2.05) is 6.08 Å². The van der Waals surface area contributed by atoms with Gasteiger partial charge < -0.3 is 14.2 Å². The molecular formula is C63H100O6. The van der Waals surface area contributed by atoms with Gasteiger partial charge >= 0.3 is 17.9 Å². The van der Waals surface area contributed by atoms with Gasteiger partial charge in [-0.3, -0.25) is 14.4 Å². The van der Waals surface area contributed by atoms with Crippen LogP contribution in [0.2, 0.25) is 0 Å². The third-order valence-corrected chi connectivity index (χ3v) is 11.2. The largest absolute Gasteiger partial charge is 0.462 e. The van der Waals surface area contributed by atoms with Crippen molar-refractivity contribution in [1.82, 2.24) is 0 Å². The summed E-state index contributed by atoms with van der Waals surface area (Å²) in [7, 11) is 0. The first-order valence-electron chi connectivity index (χ1n) is 27.7. The molecule has 0 fully saturated rings. The molecule has 388 valence electrons. The predicted molar refractivity (Wildman–Crippen MR) is 297 cm³/mol. The number of hydrogen-bond donors (Lipinski definition) is 0. The monoisotopic (exact) mass is 953 g/mol. The van der Waals surface area contributed by atoms with E-state index in [0.717, 1.165) is 89.9 Å². The Morgan fingerprint density at radius 3 is 1.07 bits per heavy atom. The molecule has 1 atom stereocenters. The summed E-state index contributed by atoms with van der Waals surface area (Å²) in [5, 5.41) is 0. The van der Waals surface area contributed by atoms with Crippen molar-refractivity contribution in [1.29, 1.82) is 0 Å². The molecule has 0 aromatic carbocycles. The molecule has 0 amide bonds. The third kappa shape index (κ3) is 54.4. The molecule has 0 saturated heterocycles. The molecule has 0 rings (SSSR count). The van der Waals surface area contributed by atoms with E-state index in [9.17, 15) is 14.4 Å². The smallest absolute Gasteiger partial charge is 0.309 e. The van der Waals surface area contributed by atoms with Gasteiger partial charge in [-0.2, -0.15) is 0 Å². The molecule has 0 aliphatic carbocycles. The zero-order valence-electron chi connectivity index (χ0n) is 44.3. The van der Waals surface area contributed by atoms with Crippen molar-refractivity contribution in [2.45, 2.75) is 232 Å². The second-order valence-corrected chi connectivity index (χ2v) is 17.7. The lowest BCUT2D eigenvalue weighted by Crippen LogP contribution is -2.30. The van der Waals surface area contributed by atoms with Crippen LogP contribution >= 0.6 is 0 Å². The molecular weight excluding hydrogens is 853 g/mol. The van der Waals surface area contributed by atoms with Gasteiger partial charge in [-0.1, -0.05) is 231 Å². The van der Waals surface area contributed by atoms with E-state index in [4.69, 9.17) is 14.2 Å². The Bertz CT molecular complexity index is 1510. The van der Waals surface area contributed by atoms with Gasteiger partial charge in [0, 0.05) is 12.8 Å². The van der Waals surface area contributed by atoms with Gasteiger partial charge in [0.15, 0.2) is 6.10 Å². The van der Waals surface area contributed by atoms with Crippen LogP contribution in [0.1, 0.15) is 226 Å². The lowest BCUT2D eigenvalue weighted by atomic mass is 10.1. The zero-order valence-corrected chi connectivity index (χ0v) is 44.3. The molecule has 0 aromatic heterocycles. The summed E-state index contributed by atoms with van der Waals surface area (Å²) in [5.74, 6) is -1.14. The summed E-state index contributed by atoms with van der Waals surface area (Å²) in [6.45, 7) is 6.26. The highest BCUT2D eigenvalue weighted by molar-refractivity contribution is 5.72. The highest BCUT2D eigenvalue weighted by atomic mass is 16.6. The normalized spacial score (nSPS) is 13.1. The first kappa shape index (κ1) is 64.5. The van der Waals surface area contributed by atoms with Crippen molar-refractivity contribution < 1.29 is 28.6 Å². The topological polar surface area (TPSA) is 78.9 Å². The molecule has 0 spiro atoms. The third-order valence-electron chi connectivity index (χ3n) is 11.2. The quantitative estimate of drug-likeness (QED) is 0.0262. The van der Waals surface area contributed by atoms with Crippen LogP contribution in [0.25, 0.3) is 0 Å². The number of allylic oxidation sites excluding steroid dienone is 21. The number of ether oxygens (including phenoxy) is 3. The van der Waals surface area contributed by atoms with E-state index in [-0.39, 0.29) is 32.0 Å². The second-order valence-electron chi connectivity index (χ2n) is 17.7. The molecule has 1 unspecified atom stereocenters. The molecule has 0 aliphatic rings. The van der Waals surface area contributed by atoms with Gasteiger partial charge in [0.2, 0.25) is 0 Å². The molecule has 0 aromatic rings. The predicted octanol–water partition coefficient (Wildman–Crippen LogP) is 18.6. The number of hydrogen-bond acceptors (Lipinski definition) is 6. The van der Waals surface area contributed by atoms with Crippen LogP contribution < -0.4 is 0 Å². The van der Waals surface area contributed by atoms with Crippen LogP contribution in [0, 0.1) is 0 Å². The molecule has 0 N–H and O–H groups in total. The minimum atomic E-state index is -0.853. The lowest BCUT2D eigenvalue weighted by Gasteiger charge is -2.18. The minimum Gasteiger partial charge on any atom is -0.462 e. The fourth-order valence-corrected chi connectivity index (χ4v) is 7.07. The number of unbranched alkanes of at least 4 members (excludes halogenated alkanes) is 16. The summed E-state index contributed by atoms with van der Waals surface area (Å²) < 4.78 is 16.7. The molecule has 0 saturated carbocycles. The average molecular weight is 953 g/mol. The molecule has 69 heavy (non-hydrogen) atoms. The maximum Gasteiger partial charge on any atom is 0.309 e. The molecule has 6 nitrogen and oxygen atoms in total. The van der Waals surface area contributed by atoms with Crippen molar-refractivity contribution in [3.8, 4) is 0 Å². The van der Waals surface area contributed by atoms with Gasteiger partial charge in [-0.05, 0) is 109 Å². The Morgan fingerprint density at radius 2 is 0.638 bits per heavy atom. The Kier molecular flexibility index (Phi) is 52.5. The van der Waals surface area contributed by atoms with E-state index in [0.29, 0.717) is 12.8 Å². The Balaban J connectivity index is 4.58. The standard InChI is InChI=1S/C63H100O6/c1-4-7-10-13-16-19-22-25-28-30-31-33-35-38-41-44-47-50-53-56-62(65)68-59-60(58-67-61(64)55-52-49-46-43-40-37-34-27-24-21-18-15-12-9-6-3)69-63(66)57-54-51-48-45-42-39-36-32-29-26-23-20-17-14-11-8-5-2/h8-9,11-12,17-18,20-21,25-29,34,36,39-40,43,45,48-49,52,60H,4-7,10,13-16,19,22-24,30-33,35,37-38,41-42,44,46-47,50-51,53-59H2,1-3H3/b11-8-,12-9-,20-17-,21-18-,28-25-,29-26-,34-27-,39-36-,43-40-,48-45-,52-49-. The second kappa shape index (κ2) is 56.1. The molecule has 0 bridgehead atoms. The summed E-state index contributed by atoms with van der Waals surface area (Å²) in [4.78, 5) is 38.0. The van der Waals surface area contributed by atoms with Crippen LogP contribution in [0.15, 0.2) is 134 Å². The lowest BCUT2D eigenvalue weighted by molar-refractivity contribution is -0.166. The van der Waals surface area contributed by atoms with Crippen LogP contribution in [0.3, 0.4) is 0 Å². The summed E-state index contributed by atoms with van der Waals surface area (Å²) in [6, 6.07) is 0. The first-order valence-corrected chi connectivity index (χ1v) is 27.7. The van der Waals surface area contributed by atoms with Crippen LogP contribution in [-0.2, 0) is 28.6 Å². The SMILES string of the molecule is CC/C=C\C/C=C\C/C=C\C/C=C\C/C=C\CCCC(=O)OC(COC(=O)C/C=C\C/C=C\C/C=C\C/C=C\C/C=C\CC)COC(=O)CCCCCCCCCCC/C=C\CCCCCCCC. The van der Waals surface area contributed by atoms with Crippen LogP contribution in [0.4, 0.5) is 0 Å². The average Bonchev–Trinajstić information content (AvgIpc) is 3.35. The number of esters is 3. The van der Waals surface area contributed by atoms with E-state index in [1.165, 1.54) is 89.9 Å². The van der Waals surface area contributed by atoms with Crippen LogP contribution in [-0.4, -0.2) is 37.2 Å². The van der Waals surface area contributed by atoms with E-state index >= 15 is 0 Å². The van der Waals surface area contributed by atoms with Gasteiger partial charge in [0.1, 0.15) is 13.2 Å². The van der Waals surface area contributed by atoms with E-state index in [1.54, 1.807) is 6.08 Å². The minimum absolute atomic E-state index is 0.109. The molecule has 6 heteroatoms. The number of rotatable bonds is 48. The maximum absolute atomic E-state index is 12.8. The van der Waals surface area contributed by atoms with Crippen molar-refractivity contribution in [3.05, 3.63) is 134 Å². The van der Waals surface area contributed by atoms with Gasteiger partial charge in [-0.15, -0.1) is 0 Å². The highest BCUT2D eigenvalue weighted by Gasteiger charge is 2.19. The summed E-state index contributed by atoms with van der Waals surface area (Å²) >= 11 is 0. The molecule has 0 aliphatic heterocycles. The molecule has 0 heterocycles. The number of carbonyl (C=O) groups is 3. The van der Waals surface area contributed by atoms with Crippen molar-refractivity contribution >= 4 is 17.9 Å². The molecule has 0 radical (unpaired) electrons.